The molecule has 9 nitrogen and oxygen atoms in total. The maximum atomic E-state index is 12.9. The van der Waals surface area contributed by atoms with Crippen molar-refractivity contribution >= 4 is 11.8 Å². The van der Waals surface area contributed by atoms with Gasteiger partial charge in [-0.3, -0.25) is 9.59 Å². The number of aromatic nitrogens is 3. The van der Waals surface area contributed by atoms with E-state index < -0.39 is 6.04 Å². The smallest absolute Gasteiger partial charge is 0.243 e. The van der Waals surface area contributed by atoms with E-state index in [1.807, 2.05) is 44.2 Å². The number of benzene rings is 1. The fourth-order valence-corrected chi connectivity index (χ4v) is 3.66. The molecule has 1 aliphatic rings. The van der Waals surface area contributed by atoms with E-state index in [1.54, 1.807) is 4.90 Å². The van der Waals surface area contributed by atoms with Gasteiger partial charge in [-0.1, -0.05) is 40.6 Å². The summed E-state index contributed by atoms with van der Waals surface area (Å²) in [6.07, 6.45) is 0.956. The van der Waals surface area contributed by atoms with E-state index in [1.165, 1.54) is 0 Å². The number of hydrogen-bond acceptors (Lipinski definition) is 7. The van der Waals surface area contributed by atoms with Gasteiger partial charge in [0.15, 0.2) is 0 Å². The second kappa shape index (κ2) is 8.48. The lowest BCUT2D eigenvalue weighted by atomic mass is 10.0. The normalized spacial score (nSPS) is 16.5. The summed E-state index contributed by atoms with van der Waals surface area (Å²) in [4.78, 5) is 31.4. The lowest BCUT2D eigenvalue weighted by Crippen LogP contribution is -2.58. The first-order valence-corrected chi connectivity index (χ1v) is 9.90. The van der Waals surface area contributed by atoms with Crippen molar-refractivity contribution in [3.8, 4) is 11.4 Å². The van der Waals surface area contributed by atoms with Gasteiger partial charge in [0.05, 0.1) is 12.1 Å². The summed E-state index contributed by atoms with van der Waals surface area (Å²) in [6.45, 7) is 4.55. The highest BCUT2D eigenvalue weighted by molar-refractivity contribution is 5.89. The van der Waals surface area contributed by atoms with Gasteiger partial charge in [0.25, 0.3) is 0 Å². The van der Waals surface area contributed by atoms with Crippen molar-refractivity contribution in [3.05, 3.63) is 53.2 Å². The Morgan fingerprint density at radius 1 is 1.20 bits per heavy atom. The molecule has 2 amide bonds. The van der Waals surface area contributed by atoms with Crippen molar-refractivity contribution in [3.63, 3.8) is 0 Å². The second-order valence-electron chi connectivity index (χ2n) is 7.28. The number of nitrogens with zero attached hydrogens (tertiary/aromatic N) is 4. The van der Waals surface area contributed by atoms with Gasteiger partial charge in [0, 0.05) is 30.6 Å². The molecule has 0 radical (unpaired) electrons. The number of nitrogens with one attached hydrogen (secondary N) is 1. The first kappa shape index (κ1) is 19.8. The Morgan fingerprint density at radius 2 is 2.00 bits per heavy atom. The van der Waals surface area contributed by atoms with Crippen LogP contribution in [0.3, 0.4) is 0 Å². The van der Waals surface area contributed by atoms with Gasteiger partial charge in [-0.05, 0) is 20.3 Å². The predicted octanol–water partition coefficient (Wildman–Crippen LogP) is 1.84. The molecule has 0 bridgehead atoms. The Labute approximate surface area is 173 Å². The van der Waals surface area contributed by atoms with E-state index in [4.69, 9.17) is 9.05 Å². The number of hydrogen-bond donors (Lipinski definition) is 1. The summed E-state index contributed by atoms with van der Waals surface area (Å²) in [6, 6.07) is 8.76. The third-order valence-electron chi connectivity index (χ3n) is 5.29. The van der Waals surface area contributed by atoms with Crippen LogP contribution in [0.1, 0.15) is 29.3 Å². The van der Waals surface area contributed by atoms with E-state index in [9.17, 15) is 9.59 Å². The van der Waals surface area contributed by atoms with Gasteiger partial charge in [-0.15, -0.1) is 0 Å². The molecule has 1 atom stereocenters. The standard InChI is InChI=1S/C21H23N5O4/c1-13-16(14(2)29-24-13)8-9-19(27)26-11-10-22-21(28)17(26)12-18-23-20(25-30-18)15-6-4-3-5-7-15/h3-7,17H,8-12H2,1-2H3,(H,22,28). The lowest BCUT2D eigenvalue weighted by molar-refractivity contribution is -0.143. The Balaban J connectivity index is 1.46. The van der Waals surface area contributed by atoms with Crippen LogP contribution in [-0.2, 0) is 22.4 Å². The first-order chi connectivity index (χ1) is 14.5. The zero-order valence-corrected chi connectivity index (χ0v) is 16.9. The van der Waals surface area contributed by atoms with Crippen LogP contribution < -0.4 is 5.32 Å². The van der Waals surface area contributed by atoms with Crippen LogP contribution in [-0.4, -0.2) is 51.1 Å². The van der Waals surface area contributed by atoms with Gasteiger partial charge >= 0.3 is 0 Å². The zero-order valence-electron chi connectivity index (χ0n) is 16.9. The topological polar surface area (TPSA) is 114 Å². The van der Waals surface area contributed by atoms with Crippen molar-refractivity contribution in [1.29, 1.82) is 0 Å². The van der Waals surface area contributed by atoms with E-state index >= 15 is 0 Å². The minimum absolute atomic E-state index is 0.0994. The molecule has 1 N–H and O–H groups in total. The van der Waals surface area contributed by atoms with Gasteiger partial charge in [0.2, 0.25) is 23.5 Å². The van der Waals surface area contributed by atoms with Crippen LogP contribution in [0.2, 0.25) is 0 Å². The minimum atomic E-state index is -0.681. The van der Waals surface area contributed by atoms with E-state index in [-0.39, 0.29) is 24.7 Å². The molecule has 1 saturated heterocycles. The van der Waals surface area contributed by atoms with Crippen LogP contribution in [0.25, 0.3) is 11.4 Å². The first-order valence-electron chi connectivity index (χ1n) is 9.90. The number of aryl methyl sites for hydroxylation is 2. The van der Waals surface area contributed by atoms with Crippen LogP contribution in [0.5, 0.6) is 0 Å². The van der Waals surface area contributed by atoms with Gasteiger partial charge in [-0.2, -0.15) is 4.98 Å². The third-order valence-corrected chi connectivity index (χ3v) is 5.29. The molecular weight excluding hydrogens is 386 g/mol. The minimum Gasteiger partial charge on any atom is -0.361 e. The molecule has 1 unspecified atom stereocenters. The Bertz CT molecular complexity index is 1020. The van der Waals surface area contributed by atoms with Gasteiger partial charge < -0.3 is 19.3 Å². The van der Waals surface area contributed by atoms with Gasteiger partial charge in [-0.25, -0.2) is 0 Å². The molecule has 9 heteroatoms. The van der Waals surface area contributed by atoms with E-state index in [0.29, 0.717) is 37.0 Å². The molecule has 3 heterocycles. The Hall–Kier alpha value is -3.49. The summed E-state index contributed by atoms with van der Waals surface area (Å²) in [5.74, 6) is 1.18. The van der Waals surface area contributed by atoms with Crippen molar-refractivity contribution in [1.82, 2.24) is 25.5 Å². The largest absolute Gasteiger partial charge is 0.361 e. The maximum Gasteiger partial charge on any atom is 0.243 e. The van der Waals surface area contributed by atoms with Crippen LogP contribution in [0.15, 0.2) is 39.4 Å². The molecule has 0 spiro atoms. The molecule has 0 saturated carbocycles. The molecule has 1 aromatic carbocycles. The Morgan fingerprint density at radius 3 is 2.73 bits per heavy atom. The van der Waals surface area contributed by atoms with Crippen molar-refractivity contribution in [2.75, 3.05) is 13.1 Å². The van der Waals surface area contributed by atoms with Crippen molar-refractivity contribution in [2.24, 2.45) is 0 Å². The Kier molecular flexibility index (Phi) is 5.60. The number of carbonyl (C=O) groups excluding carboxylic acids is 2. The fourth-order valence-electron chi connectivity index (χ4n) is 3.66. The zero-order chi connectivity index (χ0) is 21.1. The second-order valence-corrected chi connectivity index (χ2v) is 7.28. The summed E-state index contributed by atoms with van der Waals surface area (Å²) >= 11 is 0. The van der Waals surface area contributed by atoms with Crippen molar-refractivity contribution < 1.29 is 18.6 Å². The number of amides is 2. The molecule has 1 fully saturated rings. The molecule has 156 valence electrons. The fraction of sp³-hybridized carbons (Fsp3) is 0.381. The third kappa shape index (κ3) is 4.10. The van der Waals surface area contributed by atoms with Crippen LogP contribution in [0.4, 0.5) is 0 Å². The molecular formula is C21H23N5O4. The van der Waals surface area contributed by atoms with E-state index in [2.05, 4.69) is 20.6 Å². The van der Waals surface area contributed by atoms with Crippen LogP contribution in [0, 0.1) is 13.8 Å². The predicted molar refractivity (Wildman–Crippen MR) is 106 cm³/mol. The molecule has 0 aliphatic carbocycles. The highest BCUT2D eigenvalue weighted by atomic mass is 16.5. The molecule has 3 aromatic rings. The molecule has 4 rings (SSSR count). The summed E-state index contributed by atoms with van der Waals surface area (Å²) in [5.41, 5.74) is 2.55. The number of piperazine rings is 1. The quantitative estimate of drug-likeness (QED) is 0.661. The van der Waals surface area contributed by atoms with E-state index in [0.717, 1.165) is 16.8 Å². The average Bonchev–Trinajstić information content (AvgIpc) is 3.35. The van der Waals surface area contributed by atoms with Gasteiger partial charge in [0.1, 0.15) is 11.8 Å². The SMILES string of the molecule is Cc1noc(C)c1CCC(=O)N1CCNC(=O)C1Cc1nc(-c2ccccc2)no1. The number of carbonyl (C=O) groups is 2. The molecule has 2 aromatic heterocycles. The monoisotopic (exact) mass is 409 g/mol. The molecule has 1 aliphatic heterocycles. The maximum absolute atomic E-state index is 12.9. The highest BCUT2D eigenvalue weighted by Crippen LogP contribution is 2.19. The summed E-state index contributed by atoms with van der Waals surface area (Å²) in [7, 11) is 0. The van der Waals surface area contributed by atoms with Crippen LogP contribution >= 0.6 is 0 Å². The van der Waals surface area contributed by atoms with Crippen molar-refractivity contribution in [2.45, 2.75) is 39.2 Å². The summed E-state index contributed by atoms with van der Waals surface area (Å²) < 4.78 is 10.5. The molecule has 30 heavy (non-hydrogen) atoms. The average molecular weight is 409 g/mol. The highest BCUT2D eigenvalue weighted by Gasteiger charge is 2.34. The lowest BCUT2D eigenvalue weighted by Gasteiger charge is -2.34. The number of rotatable bonds is 6. The summed E-state index contributed by atoms with van der Waals surface area (Å²) in [5, 5.41) is 10.7.